The fourth-order valence-electron chi connectivity index (χ4n) is 1.45. The lowest BCUT2D eigenvalue weighted by molar-refractivity contribution is 0.1000. The van der Waals surface area contributed by atoms with Crippen LogP contribution < -0.4 is 17.2 Å². The molecule has 20 heavy (non-hydrogen) atoms. The Morgan fingerprint density at radius 2 is 2.30 bits per heavy atom. The average molecular weight is 278 g/mol. The number of aromatic nitrogens is 2. The van der Waals surface area contributed by atoms with Gasteiger partial charge >= 0.3 is 5.91 Å². The van der Waals surface area contributed by atoms with E-state index in [0.29, 0.717) is 5.82 Å². The minimum absolute atomic E-state index is 0.0556. The fourth-order valence-corrected chi connectivity index (χ4v) is 1.45. The third kappa shape index (κ3) is 4.20. The zero-order valence-corrected chi connectivity index (χ0v) is 11.7. The molecule has 7 nitrogen and oxygen atoms in total. The summed E-state index contributed by atoms with van der Waals surface area (Å²) in [6, 6.07) is 0. The molecule has 1 saturated carbocycles. The molecule has 0 atom stereocenters. The number of carbonyl (C=O) groups is 1. The Balaban J connectivity index is 0.000000276. The highest BCUT2D eigenvalue weighted by molar-refractivity contribution is 6.00. The van der Waals surface area contributed by atoms with Gasteiger partial charge < -0.3 is 21.8 Å². The number of rotatable bonds is 4. The molecule has 1 aliphatic carbocycles. The van der Waals surface area contributed by atoms with Gasteiger partial charge in [-0.25, -0.2) is 4.98 Å². The van der Waals surface area contributed by atoms with Gasteiger partial charge in [0, 0.05) is 12.1 Å². The second-order valence-corrected chi connectivity index (χ2v) is 4.69. The molecule has 1 aromatic rings. The van der Waals surface area contributed by atoms with Crippen LogP contribution in [-0.2, 0) is 6.54 Å². The molecule has 1 aromatic heterocycles. The van der Waals surface area contributed by atoms with E-state index in [1.807, 2.05) is 13.0 Å². The largest absolute Gasteiger partial charge is 0.390 e. The molecule has 0 aromatic carbocycles. The van der Waals surface area contributed by atoms with Gasteiger partial charge in [0.15, 0.2) is 5.69 Å². The van der Waals surface area contributed by atoms with Gasteiger partial charge in [0.25, 0.3) is 0 Å². The second kappa shape index (κ2) is 6.85. The van der Waals surface area contributed by atoms with Crippen LogP contribution in [0.15, 0.2) is 24.0 Å². The Kier molecular flexibility index (Phi) is 5.45. The first-order chi connectivity index (χ1) is 9.47. The lowest BCUT2D eigenvalue weighted by Crippen LogP contribution is -2.16. The van der Waals surface area contributed by atoms with E-state index in [4.69, 9.17) is 17.2 Å². The van der Waals surface area contributed by atoms with Crippen LogP contribution in [0.2, 0.25) is 0 Å². The molecule has 2 rings (SSSR count). The molecule has 0 unspecified atom stereocenters. The maximum Gasteiger partial charge on any atom is 0.300 e. The number of anilines is 1. The maximum absolute atomic E-state index is 11.2. The Hall–Kier alpha value is -2.15. The van der Waals surface area contributed by atoms with E-state index in [0.717, 1.165) is 32.1 Å². The van der Waals surface area contributed by atoms with Crippen molar-refractivity contribution in [3.05, 3.63) is 24.7 Å². The number of aryl methyl sites for hydroxylation is 1. The number of nitrogen functional groups attached to an aromatic ring is 1. The van der Waals surface area contributed by atoms with E-state index in [-0.39, 0.29) is 11.2 Å². The number of amides is 1. The lowest BCUT2D eigenvalue weighted by Gasteiger charge is -2.01. The molecule has 110 valence electrons. The minimum Gasteiger partial charge on any atom is -0.390 e. The molecule has 0 radical (unpaired) electrons. The first-order valence-corrected chi connectivity index (χ1v) is 6.49. The van der Waals surface area contributed by atoms with Gasteiger partial charge in [0.2, 0.25) is 0 Å². The number of imidazole rings is 1. The van der Waals surface area contributed by atoms with E-state index in [1.54, 1.807) is 4.57 Å². The van der Waals surface area contributed by atoms with E-state index in [1.165, 1.54) is 6.33 Å². The van der Waals surface area contributed by atoms with E-state index >= 15 is 0 Å². The van der Waals surface area contributed by atoms with Crippen molar-refractivity contribution in [2.75, 3.05) is 5.73 Å². The van der Waals surface area contributed by atoms with Crippen LogP contribution in [0.4, 0.5) is 5.82 Å². The van der Waals surface area contributed by atoms with Crippen LogP contribution in [-0.4, -0.2) is 27.3 Å². The quantitative estimate of drug-likeness (QED) is 0.424. The highest BCUT2D eigenvalue weighted by Crippen LogP contribution is 2.32. The van der Waals surface area contributed by atoms with Crippen molar-refractivity contribution < 1.29 is 4.79 Å². The molecule has 7 heteroatoms. The summed E-state index contributed by atoms with van der Waals surface area (Å²) in [5, 5.41) is 0. The predicted molar refractivity (Wildman–Crippen MR) is 80.3 cm³/mol. The van der Waals surface area contributed by atoms with Crippen LogP contribution >= 0.6 is 0 Å². The SMILES string of the molecule is C=CC1(N)CC1.CCCn1cnc(C(=O)N=CN)c1N. The Morgan fingerprint density at radius 1 is 1.65 bits per heavy atom. The smallest absolute Gasteiger partial charge is 0.300 e. The molecule has 0 bridgehead atoms. The van der Waals surface area contributed by atoms with Crippen molar-refractivity contribution in [2.45, 2.75) is 38.3 Å². The molecule has 1 fully saturated rings. The molecule has 6 N–H and O–H groups in total. The van der Waals surface area contributed by atoms with Gasteiger partial charge in [0.05, 0.1) is 12.7 Å². The second-order valence-electron chi connectivity index (χ2n) is 4.69. The molecule has 1 aliphatic rings. The third-order valence-electron chi connectivity index (χ3n) is 2.97. The summed E-state index contributed by atoms with van der Waals surface area (Å²) in [6.45, 7) is 6.32. The van der Waals surface area contributed by atoms with Gasteiger partial charge in [-0.1, -0.05) is 13.0 Å². The van der Waals surface area contributed by atoms with Crippen molar-refractivity contribution in [1.82, 2.24) is 9.55 Å². The highest BCUT2D eigenvalue weighted by Gasteiger charge is 2.33. The molecule has 0 saturated heterocycles. The van der Waals surface area contributed by atoms with Crippen LogP contribution in [0.3, 0.4) is 0 Å². The normalized spacial score (nSPS) is 15.5. The predicted octanol–water partition coefficient (Wildman–Crippen LogP) is 0.666. The van der Waals surface area contributed by atoms with Gasteiger partial charge in [-0.3, -0.25) is 4.79 Å². The lowest BCUT2D eigenvalue weighted by atomic mass is 10.3. The Bertz CT molecular complexity index is 501. The summed E-state index contributed by atoms with van der Waals surface area (Å²) >= 11 is 0. The zero-order valence-electron chi connectivity index (χ0n) is 11.7. The summed E-state index contributed by atoms with van der Waals surface area (Å²) < 4.78 is 1.71. The van der Waals surface area contributed by atoms with Crippen LogP contribution in [0.1, 0.15) is 36.7 Å². The van der Waals surface area contributed by atoms with Gasteiger partial charge in [-0.2, -0.15) is 4.99 Å². The first-order valence-electron chi connectivity index (χ1n) is 6.49. The molecular formula is C13H22N6O. The van der Waals surface area contributed by atoms with Crippen molar-refractivity contribution in [3.8, 4) is 0 Å². The summed E-state index contributed by atoms with van der Waals surface area (Å²) in [5.41, 5.74) is 16.4. The number of nitrogens with two attached hydrogens (primary N) is 3. The van der Waals surface area contributed by atoms with E-state index in [9.17, 15) is 4.79 Å². The van der Waals surface area contributed by atoms with Crippen molar-refractivity contribution in [1.29, 1.82) is 0 Å². The number of nitrogens with zero attached hydrogens (tertiary/aromatic N) is 3. The van der Waals surface area contributed by atoms with Gasteiger partial charge in [0.1, 0.15) is 5.82 Å². The Labute approximate surface area is 118 Å². The van der Waals surface area contributed by atoms with Gasteiger partial charge in [-0.15, -0.1) is 6.58 Å². The molecule has 1 amide bonds. The number of hydrogen-bond acceptors (Lipinski definition) is 4. The third-order valence-corrected chi connectivity index (χ3v) is 2.97. The monoisotopic (exact) mass is 278 g/mol. The molecule has 1 heterocycles. The van der Waals surface area contributed by atoms with Crippen molar-refractivity contribution >= 4 is 18.1 Å². The molecule has 0 aliphatic heterocycles. The number of carbonyl (C=O) groups excluding carboxylic acids is 1. The average Bonchev–Trinajstić information content (AvgIpc) is 3.07. The Morgan fingerprint density at radius 3 is 2.70 bits per heavy atom. The first kappa shape index (κ1) is 15.9. The molecule has 0 spiro atoms. The standard InChI is InChI=1S/C8H13N5O.C5H9N/c1-2-3-13-5-12-6(7(13)10)8(14)11-4-9;1-2-5(6)3-4-5/h4-5H,2-3,10H2,1H3,(H2,9,11,14);2H,1,3-4,6H2. The number of hydrogen-bond donors (Lipinski definition) is 3. The topological polar surface area (TPSA) is 125 Å². The van der Waals surface area contributed by atoms with Crippen molar-refractivity contribution in [3.63, 3.8) is 0 Å². The van der Waals surface area contributed by atoms with Gasteiger partial charge in [-0.05, 0) is 19.3 Å². The van der Waals surface area contributed by atoms with E-state index < -0.39 is 5.91 Å². The van der Waals surface area contributed by atoms with E-state index in [2.05, 4.69) is 16.6 Å². The maximum atomic E-state index is 11.2. The van der Waals surface area contributed by atoms with Crippen molar-refractivity contribution in [2.24, 2.45) is 16.5 Å². The van der Waals surface area contributed by atoms with Crippen LogP contribution in [0, 0.1) is 0 Å². The minimum atomic E-state index is -0.514. The summed E-state index contributed by atoms with van der Waals surface area (Å²) in [4.78, 5) is 18.5. The number of aliphatic imine (C=N–C) groups is 1. The highest BCUT2D eigenvalue weighted by atomic mass is 16.1. The van der Waals surface area contributed by atoms with Crippen LogP contribution in [0.25, 0.3) is 0 Å². The zero-order chi connectivity index (χ0) is 15.2. The summed E-state index contributed by atoms with van der Waals surface area (Å²) in [7, 11) is 0. The van der Waals surface area contributed by atoms with Crippen LogP contribution in [0.5, 0.6) is 0 Å². The summed E-state index contributed by atoms with van der Waals surface area (Å²) in [5.74, 6) is -0.178. The molecular weight excluding hydrogens is 256 g/mol. The summed E-state index contributed by atoms with van der Waals surface area (Å²) in [6.07, 6.45) is 7.48. The fraction of sp³-hybridized carbons (Fsp3) is 0.462.